The highest BCUT2D eigenvalue weighted by molar-refractivity contribution is 7.89. The molecule has 1 aromatic rings. The van der Waals surface area contributed by atoms with Crippen LogP contribution in [0.3, 0.4) is 0 Å². The summed E-state index contributed by atoms with van der Waals surface area (Å²) in [6.07, 6.45) is 2.44. The number of anilines is 1. The second-order valence-electron chi connectivity index (χ2n) is 9.10. The first-order valence-electron chi connectivity index (χ1n) is 11.3. The number of amides is 1. The molecule has 1 aromatic carbocycles. The fourth-order valence-electron chi connectivity index (χ4n) is 4.54. The lowest BCUT2D eigenvalue weighted by atomic mass is 9.91. The van der Waals surface area contributed by atoms with E-state index in [1.807, 2.05) is 13.0 Å². The van der Waals surface area contributed by atoms with E-state index >= 15 is 0 Å². The molecule has 0 aliphatic carbocycles. The number of nitrogens with one attached hydrogen (secondary N) is 2. The van der Waals surface area contributed by atoms with E-state index in [1.165, 1.54) is 11.0 Å². The molecule has 3 rings (SSSR count). The number of benzene rings is 1. The number of likely N-dealkylation sites (tertiary alicyclic amines) is 1. The molecule has 0 spiro atoms. The van der Waals surface area contributed by atoms with Crippen molar-refractivity contribution in [3.8, 4) is 0 Å². The summed E-state index contributed by atoms with van der Waals surface area (Å²) in [5, 5.41) is 12.8. The van der Waals surface area contributed by atoms with Gasteiger partial charge >= 0.3 is 5.97 Å². The van der Waals surface area contributed by atoms with Gasteiger partial charge in [-0.3, -0.25) is 4.79 Å². The van der Waals surface area contributed by atoms with Crippen LogP contribution < -0.4 is 15.8 Å². The summed E-state index contributed by atoms with van der Waals surface area (Å²) in [6.45, 7) is 5.30. The first-order valence-corrected chi connectivity index (χ1v) is 12.7. The van der Waals surface area contributed by atoms with Crippen LogP contribution in [0.25, 0.3) is 0 Å². The Bertz CT molecular complexity index is 952. The van der Waals surface area contributed by atoms with Crippen molar-refractivity contribution in [2.45, 2.75) is 62.9 Å². The fraction of sp³-hybridized carbons (Fsp3) is 0.636. The molecule has 32 heavy (non-hydrogen) atoms. The van der Waals surface area contributed by atoms with Crippen LogP contribution in [0.1, 0.15) is 45.1 Å². The Balaban J connectivity index is 1.88. The molecule has 2 aliphatic heterocycles. The minimum absolute atomic E-state index is 0.106. The third-order valence-electron chi connectivity index (χ3n) is 6.32. The van der Waals surface area contributed by atoms with Crippen molar-refractivity contribution < 1.29 is 23.1 Å². The van der Waals surface area contributed by atoms with Crippen LogP contribution in [0.4, 0.5) is 5.69 Å². The van der Waals surface area contributed by atoms with E-state index in [1.54, 1.807) is 6.07 Å². The number of nitrogens with two attached hydrogens (primary N) is 1. The SMILES string of the molecule is CC1CNc2c(cccc2S(=O)(=O)NC(CCCN)C(=O)N2CCC(C)CC2C(=O)O)C1. The number of carbonyl (C=O) groups is 2. The van der Waals surface area contributed by atoms with E-state index in [-0.39, 0.29) is 23.8 Å². The fourth-order valence-corrected chi connectivity index (χ4v) is 5.99. The molecular formula is C22H34N4O5S. The average molecular weight is 467 g/mol. The monoisotopic (exact) mass is 466 g/mol. The zero-order valence-electron chi connectivity index (χ0n) is 18.7. The number of sulfonamides is 1. The smallest absolute Gasteiger partial charge is 0.326 e. The van der Waals surface area contributed by atoms with Gasteiger partial charge in [-0.25, -0.2) is 13.2 Å². The number of fused-ring (bicyclic) bond motifs is 1. The Labute approximate surface area is 189 Å². The highest BCUT2D eigenvalue weighted by Gasteiger charge is 2.39. The van der Waals surface area contributed by atoms with Gasteiger partial charge in [0, 0.05) is 13.1 Å². The second kappa shape index (κ2) is 10.2. The van der Waals surface area contributed by atoms with Crippen LogP contribution in [-0.2, 0) is 26.0 Å². The van der Waals surface area contributed by atoms with E-state index in [9.17, 15) is 23.1 Å². The molecule has 4 unspecified atom stereocenters. The summed E-state index contributed by atoms with van der Waals surface area (Å²) in [5.74, 6) is -1.00. The van der Waals surface area contributed by atoms with Gasteiger partial charge in [0.15, 0.2) is 0 Å². The molecule has 2 heterocycles. The number of para-hydroxylation sites is 1. The maximum Gasteiger partial charge on any atom is 0.326 e. The number of carboxylic acid groups (broad SMARTS) is 1. The number of nitrogens with zero attached hydrogens (tertiary/aromatic N) is 1. The van der Waals surface area contributed by atoms with E-state index in [0.29, 0.717) is 44.0 Å². The lowest BCUT2D eigenvalue weighted by Gasteiger charge is -2.38. The zero-order valence-corrected chi connectivity index (χ0v) is 19.5. The average Bonchev–Trinajstić information content (AvgIpc) is 2.75. The van der Waals surface area contributed by atoms with Crippen molar-refractivity contribution in [1.29, 1.82) is 0 Å². The Morgan fingerprint density at radius 3 is 2.75 bits per heavy atom. The Hall–Kier alpha value is -2.17. The summed E-state index contributed by atoms with van der Waals surface area (Å²) in [6, 6.07) is 3.11. The minimum atomic E-state index is -4.03. The second-order valence-corrected chi connectivity index (χ2v) is 10.8. The van der Waals surface area contributed by atoms with Crippen molar-refractivity contribution in [3.05, 3.63) is 23.8 Å². The summed E-state index contributed by atoms with van der Waals surface area (Å²) in [4.78, 5) is 26.5. The van der Waals surface area contributed by atoms with Crippen molar-refractivity contribution >= 4 is 27.6 Å². The lowest BCUT2D eigenvalue weighted by Crippen LogP contribution is -2.56. The predicted molar refractivity (Wildman–Crippen MR) is 122 cm³/mol. The van der Waals surface area contributed by atoms with E-state index in [4.69, 9.17) is 5.73 Å². The largest absolute Gasteiger partial charge is 0.480 e. The first-order chi connectivity index (χ1) is 15.1. The van der Waals surface area contributed by atoms with Gasteiger partial charge in [0.25, 0.3) is 0 Å². The summed E-state index contributed by atoms with van der Waals surface area (Å²) in [5.41, 5.74) is 7.11. The van der Waals surface area contributed by atoms with Gasteiger partial charge in [-0.05, 0) is 62.1 Å². The third-order valence-corrected chi connectivity index (χ3v) is 7.84. The normalized spacial score (nSPS) is 24.3. The highest BCUT2D eigenvalue weighted by atomic mass is 32.2. The predicted octanol–water partition coefficient (Wildman–Crippen LogP) is 1.39. The van der Waals surface area contributed by atoms with Crippen LogP contribution in [0.5, 0.6) is 0 Å². The van der Waals surface area contributed by atoms with Gasteiger partial charge in [-0.2, -0.15) is 4.72 Å². The number of hydrogen-bond acceptors (Lipinski definition) is 6. The molecular weight excluding hydrogens is 432 g/mol. The van der Waals surface area contributed by atoms with Crippen molar-refractivity contribution in [3.63, 3.8) is 0 Å². The Kier molecular flexibility index (Phi) is 7.79. The molecule has 0 saturated carbocycles. The van der Waals surface area contributed by atoms with Gasteiger partial charge in [-0.15, -0.1) is 0 Å². The minimum Gasteiger partial charge on any atom is -0.480 e. The maximum atomic E-state index is 13.3. The number of aliphatic carboxylic acids is 1. The molecule has 0 radical (unpaired) electrons. The number of piperidine rings is 1. The molecule has 1 saturated heterocycles. The third kappa shape index (κ3) is 5.41. The summed E-state index contributed by atoms with van der Waals surface area (Å²) < 4.78 is 29.3. The molecule has 2 aliphatic rings. The van der Waals surface area contributed by atoms with E-state index in [2.05, 4.69) is 17.0 Å². The molecule has 9 nitrogen and oxygen atoms in total. The molecule has 4 atom stereocenters. The number of rotatable bonds is 8. The molecule has 10 heteroatoms. The van der Waals surface area contributed by atoms with E-state index in [0.717, 1.165) is 12.0 Å². The Morgan fingerprint density at radius 1 is 1.31 bits per heavy atom. The zero-order chi connectivity index (χ0) is 23.5. The van der Waals surface area contributed by atoms with Gasteiger partial charge < -0.3 is 21.1 Å². The lowest BCUT2D eigenvalue weighted by molar-refractivity contribution is -0.153. The van der Waals surface area contributed by atoms with Crippen molar-refractivity contribution in [2.24, 2.45) is 17.6 Å². The van der Waals surface area contributed by atoms with Crippen LogP contribution in [-0.4, -0.2) is 62.0 Å². The van der Waals surface area contributed by atoms with Crippen molar-refractivity contribution in [2.75, 3.05) is 25.0 Å². The highest BCUT2D eigenvalue weighted by Crippen LogP contribution is 2.31. The molecule has 1 fully saturated rings. The first kappa shape index (κ1) is 24.5. The molecule has 0 aromatic heterocycles. The number of carboxylic acids is 1. The molecule has 0 bridgehead atoms. The maximum absolute atomic E-state index is 13.3. The van der Waals surface area contributed by atoms with Gasteiger partial charge in [0.2, 0.25) is 15.9 Å². The Morgan fingerprint density at radius 2 is 2.06 bits per heavy atom. The van der Waals surface area contributed by atoms with Crippen LogP contribution in [0, 0.1) is 11.8 Å². The topological polar surface area (TPSA) is 142 Å². The standard InChI is InChI=1S/C22H34N4O5S/c1-14-8-10-26(18(12-14)22(28)29)21(27)17(6-4-9-23)25-32(30,31)19-7-3-5-16-11-15(2)13-24-20(16)19/h3,5,7,14-15,17-18,24-25H,4,6,8-13,23H2,1-2H3,(H,28,29). The van der Waals surface area contributed by atoms with Crippen LogP contribution >= 0.6 is 0 Å². The molecule has 5 N–H and O–H groups in total. The van der Waals surface area contributed by atoms with Gasteiger partial charge in [-0.1, -0.05) is 26.0 Å². The van der Waals surface area contributed by atoms with E-state index < -0.39 is 34.0 Å². The quantitative estimate of drug-likeness (QED) is 0.453. The molecule has 178 valence electrons. The van der Waals surface area contributed by atoms with Crippen LogP contribution in [0.2, 0.25) is 0 Å². The van der Waals surface area contributed by atoms with Crippen LogP contribution in [0.15, 0.2) is 23.1 Å². The van der Waals surface area contributed by atoms with Gasteiger partial charge in [0.05, 0.1) is 5.69 Å². The van der Waals surface area contributed by atoms with Gasteiger partial charge in [0.1, 0.15) is 17.0 Å². The van der Waals surface area contributed by atoms with Crippen molar-refractivity contribution in [1.82, 2.24) is 9.62 Å². The number of hydrogen-bond donors (Lipinski definition) is 4. The summed E-state index contributed by atoms with van der Waals surface area (Å²) >= 11 is 0. The number of carbonyl (C=O) groups excluding carboxylic acids is 1. The summed E-state index contributed by atoms with van der Waals surface area (Å²) in [7, 11) is -4.03. The molecule has 1 amide bonds.